The number of halogens is 1. The summed E-state index contributed by atoms with van der Waals surface area (Å²) in [4.78, 5) is 14.5. The third kappa shape index (κ3) is 3.59. The third-order valence-electron chi connectivity index (χ3n) is 3.49. The second-order valence-electron chi connectivity index (χ2n) is 5.16. The number of aromatic nitrogens is 2. The maximum absolute atomic E-state index is 12.2. The number of hydrogen-bond donors (Lipinski definition) is 1. The molecule has 0 aromatic carbocycles. The molecule has 0 aliphatic carbocycles. The summed E-state index contributed by atoms with van der Waals surface area (Å²) in [6.07, 6.45) is 0. The predicted molar refractivity (Wildman–Crippen MR) is 79.8 cm³/mol. The fourth-order valence-corrected chi connectivity index (χ4v) is 2.75. The lowest BCUT2D eigenvalue weighted by atomic mass is 10.2. The first-order chi connectivity index (χ1) is 9.49. The Labute approximate surface area is 127 Å². The number of rotatable bonds is 4. The number of ether oxygens (including phenoxy) is 1. The molecular weight excluding hydrogens is 324 g/mol. The number of aryl methyl sites for hydroxylation is 1. The number of carbonyl (C=O) groups excluding carboxylic acids is 1. The Balaban J connectivity index is 1.91. The minimum atomic E-state index is -0.138. The highest BCUT2D eigenvalue weighted by Gasteiger charge is 2.20. The lowest BCUT2D eigenvalue weighted by Gasteiger charge is -2.29. The normalized spacial score (nSPS) is 18.0. The van der Waals surface area contributed by atoms with Crippen molar-refractivity contribution in [2.45, 2.75) is 19.9 Å². The van der Waals surface area contributed by atoms with Gasteiger partial charge in [0.15, 0.2) is 5.69 Å². The number of hydrogen-bond acceptors (Lipinski definition) is 4. The van der Waals surface area contributed by atoms with Gasteiger partial charge in [0.1, 0.15) is 0 Å². The van der Waals surface area contributed by atoms with E-state index >= 15 is 0 Å². The number of carbonyl (C=O) groups is 1. The Morgan fingerprint density at radius 3 is 2.70 bits per heavy atom. The zero-order valence-corrected chi connectivity index (χ0v) is 13.7. The van der Waals surface area contributed by atoms with Crippen LogP contribution in [0.1, 0.15) is 23.1 Å². The third-order valence-corrected chi connectivity index (χ3v) is 4.44. The van der Waals surface area contributed by atoms with Crippen molar-refractivity contribution in [3.05, 3.63) is 15.9 Å². The van der Waals surface area contributed by atoms with Gasteiger partial charge in [-0.05, 0) is 29.8 Å². The van der Waals surface area contributed by atoms with Crippen LogP contribution in [0.15, 0.2) is 4.47 Å². The van der Waals surface area contributed by atoms with Gasteiger partial charge in [0.05, 0.1) is 23.4 Å². The Kier molecular flexibility index (Phi) is 5.17. The van der Waals surface area contributed by atoms with E-state index in [1.807, 2.05) is 20.9 Å². The summed E-state index contributed by atoms with van der Waals surface area (Å²) in [5.74, 6) is -0.138. The fourth-order valence-electron chi connectivity index (χ4n) is 2.24. The first kappa shape index (κ1) is 15.5. The average Bonchev–Trinajstić information content (AvgIpc) is 2.67. The van der Waals surface area contributed by atoms with Crippen LogP contribution in [-0.4, -0.2) is 59.5 Å². The molecule has 1 N–H and O–H groups in total. The molecule has 0 unspecified atom stereocenters. The van der Waals surface area contributed by atoms with E-state index in [4.69, 9.17) is 4.74 Å². The molecule has 0 radical (unpaired) electrons. The molecular formula is C13H21BrN4O2. The van der Waals surface area contributed by atoms with Gasteiger partial charge in [-0.15, -0.1) is 0 Å². The van der Waals surface area contributed by atoms with Crippen LogP contribution in [0.25, 0.3) is 0 Å². The van der Waals surface area contributed by atoms with Crippen molar-refractivity contribution < 1.29 is 9.53 Å². The average molecular weight is 345 g/mol. The number of morpholine rings is 1. The number of amides is 1. The molecule has 1 aromatic heterocycles. The van der Waals surface area contributed by atoms with Crippen LogP contribution in [0.3, 0.4) is 0 Å². The van der Waals surface area contributed by atoms with Crippen LogP contribution in [0.2, 0.25) is 0 Å². The highest BCUT2D eigenvalue weighted by molar-refractivity contribution is 9.10. The summed E-state index contributed by atoms with van der Waals surface area (Å²) in [5.41, 5.74) is 1.38. The van der Waals surface area contributed by atoms with Gasteiger partial charge in [-0.1, -0.05) is 0 Å². The lowest BCUT2D eigenvalue weighted by Crippen LogP contribution is -2.46. The minimum Gasteiger partial charge on any atom is -0.379 e. The van der Waals surface area contributed by atoms with Gasteiger partial charge in [-0.2, -0.15) is 5.10 Å². The van der Waals surface area contributed by atoms with Crippen molar-refractivity contribution in [1.82, 2.24) is 20.0 Å². The summed E-state index contributed by atoms with van der Waals surface area (Å²) < 4.78 is 7.78. The Morgan fingerprint density at radius 2 is 2.15 bits per heavy atom. The second-order valence-corrected chi connectivity index (χ2v) is 5.95. The minimum absolute atomic E-state index is 0.0785. The Morgan fingerprint density at radius 1 is 1.50 bits per heavy atom. The molecule has 1 saturated heterocycles. The van der Waals surface area contributed by atoms with Crippen LogP contribution < -0.4 is 5.32 Å². The molecule has 1 aliphatic heterocycles. The van der Waals surface area contributed by atoms with Gasteiger partial charge in [-0.25, -0.2) is 0 Å². The van der Waals surface area contributed by atoms with E-state index in [1.54, 1.807) is 4.68 Å². The summed E-state index contributed by atoms with van der Waals surface area (Å²) in [6, 6.07) is 0.0785. The van der Waals surface area contributed by atoms with Gasteiger partial charge in [-0.3, -0.25) is 14.4 Å². The van der Waals surface area contributed by atoms with Crippen LogP contribution >= 0.6 is 15.9 Å². The zero-order chi connectivity index (χ0) is 14.7. The summed E-state index contributed by atoms with van der Waals surface area (Å²) in [7, 11) is 1.83. The van der Waals surface area contributed by atoms with Crippen molar-refractivity contribution in [1.29, 1.82) is 0 Å². The van der Waals surface area contributed by atoms with Gasteiger partial charge in [0, 0.05) is 32.7 Å². The molecule has 1 aliphatic rings. The van der Waals surface area contributed by atoms with E-state index in [0.717, 1.165) is 43.0 Å². The van der Waals surface area contributed by atoms with Gasteiger partial charge in [0.25, 0.3) is 5.91 Å². The first-order valence-corrected chi connectivity index (χ1v) is 7.58. The van der Waals surface area contributed by atoms with Crippen LogP contribution in [-0.2, 0) is 11.8 Å². The maximum atomic E-state index is 12.2. The smallest absolute Gasteiger partial charge is 0.273 e. The highest BCUT2D eigenvalue weighted by atomic mass is 79.9. The fraction of sp³-hybridized carbons (Fsp3) is 0.692. The lowest BCUT2D eigenvalue weighted by molar-refractivity contribution is 0.0342. The van der Waals surface area contributed by atoms with Crippen molar-refractivity contribution >= 4 is 21.8 Å². The van der Waals surface area contributed by atoms with Crippen LogP contribution in [0.5, 0.6) is 0 Å². The Bertz CT molecular complexity index is 483. The molecule has 0 bridgehead atoms. The van der Waals surface area contributed by atoms with Gasteiger partial charge < -0.3 is 10.1 Å². The summed E-state index contributed by atoms with van der Waals surface area (Å²) >= 11 is 3.42. The first-order valence-electron chi connectivity index (χ1n) is 6.79. The molecule has 0 spiro atoms. The molecule has 20 heavy (non-hydrogen) atoms. The molecule has 112 valence electrons. The van der Waals surface area contributed by atoms with E-state index in [2.05, 4.69) is 31.2 Å². The van der Waals surface area contributed by atoms with Crippen molar-refractivity contribution in [3.8, 4) is 0 Å². The molecule has 1 aromatic rings. The number of nitrogens with one attached hydrogen (secondary N) is 1. The molecule has 0 saturated carbocycles. The van der Waals surface area contributed by atoms with Crippen molar-refractivity contribution in [3.63, 3.8) is 0 Å². The molecule has 1 atom stereocenters. The van der Waals surface area contributed by atoms with Crippen molar-refractivity contribution in [2.75, 3.05) is 32.8 Å². The summed E-state index contributed by atoms with van der Waals surface area (Å²) in [5, 5.41) is 7.23. The van der Waals surface area contributed by atoms with E-state index in [0.29, 0.717) is 5.69 Å². The standard InChI is InChI=1S/C13H21BrN4O2/c1-9(8-18-4-6-20-7-5-18)15-13(19)12-11(14)10(2)17(3)16-12/h9H,4-8H2,1-3H3,(H,15,19)/t9-/m1/s1. The maximum Gasteiger partial charge on any atom is 0.273 e. The zero-order valence-electron chi connectivity index (χ0n) is 12.1. The molecule has 2 heterocycles. The molecule has 2 rings (SSSR count). The quantitative estimate of drug-likeness (QED) is 0.883. The SMILES string of the molecule is Cc1c(Br)c(C(=O)N[C@H](C)CN2CCOCC2)nn1C. The molecule has 1 fully saturated rings. The monoisotopic (exact) mass is 344 g/mol. The summed E-state index contributed by atoms with van der Waals surface area (Å²) in [6.45, 7) is 8.15. The van der Waals surface area contributed by atoms with E-state index in [-0.39, 0.29) is 11.9 Å². The molecule has 6 nitrogen and oxygen atoms in total. The van der Waals surface area contributed by atoms with Crippen LogP contribution in [0.4, 0.5) is 0 Å². The van der Waals surface area contributed by atoms with E-state index < -0.39 is 0 Å². The Hall–Kier alpha value is -0.920. The number of nitrogens with zero attached hydrogens (tertiary/aromatic N) is 3. The topological polar surface area (TPSA) is 59.4 Å². The molecule has 7 heteroatoms. The van der Waals surface area contributed by atoms with Gasteiger partial charge >= 0.3 is 0 Å². The van der Waals surface area contributed by atoms with Crippen LogP contribution in [0, 0.1) is 6.92 Å². The van der Waals surface area contributed by atoms with E-state index in [9.17, 15) is 4.79 Å². The van der Waals surface area contributed by atoms with Gasteiger partial charge in [0.2, 0.25) is 0 Å². The highest BCUT2D eigenvalue weighted by Crippen LogP contribution is 2.19. The largest absolute Gasteiger partial charge is 0.379 e. The predicted octanol–water partition coefficient (Wildman–Crippen LogP) is 0.942. The van der Waals surface area contributed by atoms with E-state index in [1.165, 1.54) is 0 Å². The van der Waals surface area contributed by atoms with Crippen molar-refractivity contribution in [2.24, 2.45) is 7.05 Å². The molecule has 1 amide bonds. The second kappa shape index (κ2) is 6.69.